The highest BCUT2D eigenvalue weighted by atomic mass is 32.2. The summed E-state index contributed by atoms with van der Waals surface area (Å²) in [6, 6.07) is 5.09. The number of aldehydes is 1. The SMILES string of the molecule is CC.CC.CCC(C)CN(CC[C@H](C=O)NC(=O)O)S(=O)(=O)c1ccc(OC)cc1.OCC[C@H]1CCOC1. The van der Waals surface area contributed by atoms with E-state index in [0.717, 1.165) is 32.5 Å². The van der Waals surface area contributed by atoms with E-state index in [1.54, 1.807) is 12.1 Å². The molecule has 0 spiro atoms. The van der Waals surface area contributed by atoms with Crippen LogP contribution in [0.5, 0.6) is 5.75 Å². The minimum absolute atomic E-state index is 0.0301. The molecule has 11 heteroatoms. The topological polar surface area (TPSA) is 142 Å². The maximum atomic E-state index is 13.0. The van der Waals surface area contributed by atoms with Crippen molar-refractivity contribution in [1.82, 2.24) is 9.62 Å². The van der Waals surface area contributed by atoms with Gasteiger partial charge < -0.3 is 29.8 Å². The van der Waals surface area contributed by atoms with E-state index in [4.69, 9.17) is 19.7 Å². The fourth-order valence-electron chi connectivity index (χ4n) is 3.29. The van der Waals surface area contributed by atoms with Crippen molar-refractivity contribution in [3.05, 3.63) is 24.3 Å². The number of aliphatic hydroxyl groups excluding tert-OH is 1. The van der Waals surface area contributed by atoms with Crippen molar-refractivity contribution in [2.45, 2.75) is 78.2 Å². The van der Waals surface area contributed by atoms with E-state index < -0.39 is 22.2 Å². The Labute approximate surface area is 229 Å². The average molecular weight is 563 g/mol. The first-order valence-electron chi connectivity index (χ1n) is 13.4. The van der Waals surface area contributed by atoms with E-state index in [2.05, 4.69) is 5.32 Å². The Balaban J connectivity index is 0. The van der Waals surface area contributed by atoms with Crippen molar-refractivity contribution >= 4 is 22.4 Å². The largest absolute Gasteiger partial charge is 0.497 e. The van der Waals surface area contributed by atoms with Gasteiger partial charge in [0.2, 0.25) is 10.0 Å². The van der Waals surface area contributed by atoms with Crippen LogP contribution in [-0.4, -0.2) is 81.4 Å². The first-order valence-corrected chi connectivity index (χ1v) is 14.9. The molecule has 1 aromatic carbocycles. The molecular formula is C27H50N2O8S. The van der Waals surface area contributed by atoms with Crippen LogP contribution in [0.25, 0.3) is 0 Å². The molecule has 1 amide bonds. The van der Waals surface area contributed by atoms with Crippen LogP contribution in [0, 0.1) is 11.8 Å². The Morgan fingerprint density at radius 3 is 2.26 bits per heavy atom. The van der Waals surface area contributed by atoms with E-state index in [1.807, 2.05) is 41.5 Å². The summed E-state index contributed by atoms with van der Waals surface area (Å²) < 4.78 is 37.4. The standard InChI is InChI=1S/C17H26N2O6S.C6H12O2.2C2H6/c1-4-13(2)11-19(10-9-14(12-20)18-17(21)22)26(23,24)16-7-5-15(25-3)6-8-16;7-3-1-6-2-4-8-5-6;2*1-2/h5-8,12-14,18H,4,9-11H2,1-3H3,(H,21,22);6-7H,1-5H2;2*1-2H3/t13?,14-;6-;;/m10../s1. The number of carbonyl (C=O) groups is 2. The number of carboxylic acid groups (broad SMARTS) is 1. The number of nitrogens with zero attached hydrogens (tertiary/aromatic N) is 1. The smallest absolute Gasteiger partial charge is 0.405 e. The van der Waals surface area contributed by atoms with Crippen molar-refractivity contribution < 1.29 is 37.7 Å². The second-order valence-corrected chi connectivity index (χ2v) is 10.2. The molecule has 1 unspecified atom stereocenters. The number of rotatable bonds is 13. The number of aliphatic hydroxyl groups is 1. The number of ether oxygens (including phenoxy) is 2. The minimum Gasteiger partial charge on any atom is -0.497 e. The molecule has 1 fully saturated rings. The van der Waals surface area contributed by atoms with Gasteiger partial charge in [0.15, 0.2) is 0 Å². The lowest BCUT2D eigenvalue weighted by molar-refractivity contribution is -0.109. The Hall–Kier alpha value is -2.21. The highest BCUT2D eigenvalue weighted by Gasteiger charge is 2.27. The van der Waals surface area contributed by atoms with Gasteiger partial charge in [0, 0.05) is 32.9 Å². The number of hydrogen-bond donors (Lipinski definition) is 3. The van der Waals surface area contributed by atoms with Crippen LogP contribution in [0.3, 0.4) is 0 Å². The van der Waals surface area contributed by atoms with E-state index in [9.17, 15) is 18.0 Å². The second-order valence-electron chi connectivity index (χ2n) is 8.27. The number of carbonyl (C=O) groups excluding carboxylic acids is 1. The van der Waals surface area contributed by atoms with Crippen molar-refractivity contribution in [3.63, 3.8) is 0 Å². The number of sulfonamides is 1. The maximum Gasteiger partial charge on any atom is 0.405 e. The summed E-state index contributed by atoms with van der Waals surface area (Å²) in [5.41, 5.74) is 0. The van der Waals surface area contributed by atoms with Gasteiger partial charge in [0.25, 0.3) is 0 Å². The fourth-order valence-corrected chi connectivity index (χ4v) is 4.87. The van der Waals surface area contributed by atoms with Gasteiger partial charge >= 0.3 is 6.09 Å². The minimum atomic E-state index is -3.78. The van der Waals surface area contributed by atoms with Gasteiger partial charge in [0.05, 0.1) is 18.0 Å². The lowest BCUT2D eigenvalue weighted by atomic mass is 10.1. The summed E-state index contributed by atoms with van der Waals surface area (Å²) in [5.74, 6) is 1.30. The van der Waals surface area contributed by atoms with Gasteiger partial charge in [-0.15, -0.1) is 0 Å². The van der Waals surface area contributed by atoms with E-state index >= 15 is 0 Å². The summed E-state index contributed by atoms with van der Waals surface area (Å²) in [6.07, 6.45) is 2.05. The van der Waals surface area contributed by atoms with Crippen LogP contribution >= 0.6 is 0 Å². The number of methoxy groups -OCH3 is 1. The third-order valence-corrected chi connectivity index (χ3v) is 7.51. The maximum absolute atomic E-state index is 13.0. The van der Waals surface area contributed by atoms with Crippen LogP contribution in [0.15, 0.2) is 29.2 Å². The van der Waals surface area contributed by atoms with Gasteiger partial charge in [-0.2, -0.15) is 4.31 Å². The molecule has 2 rings (SSSR count). The monoisotopic (exact) mass is 562 g/mol. The summed E-state index contributed by atoms with van der Waals surface area (Å²) in [5, 5.41) is 19.3. The van der Waals surface area contributed by atoms with Crippen LogP contribution in [0.2, 0.25) is 0 Å². The first kappa shape index (κ1) is 37.9. The Kier molecular flexibility index (Phi) is 22.7. The van der Waals surface area contributed by atoms with Crippen LogP contribution < -0.4 is 10.1 Å². The molecule has 1 aromatic rings. The zero-order chi connectivity index (χ0) is 29.6. The summed E-state index contributed by atoms with van der Waals surface area (Å²) in [6.45, 7) is 14.3. The molecule has 1 heterocycles. The van der Waals surface area contributed by atoms with Gasteiger partial charge in [0.1, 0.15) is 12.0 Å². The Morgan fingerprint density at radius 1 is 1.24 bits per heavy atom. The molecule has 3 N–H and O–H groups in total. The van der Waals surface area contributed by atoms with E-state index in [1.165, 1.54) is 23.5 Å². The summed E-state index contributed by atoms with van der Waals surface area (Å²) in [4.78, 5) is 21.8. The lowest BCUT2D eigenvalue weighted by Gasteiger charge is -2.26. The first-order chi connectivity index (χ1) is 18.2. The molecule has 222 valence electrons. The molecule has 0 saturated carbocycles. The zero-order valence-electron chi connectivity index (χ0n) is 24.2. The molecule has 0 radical (unpaired) electrons. The molecule has 0 aliphatic carbocycles. The highest BCUT2D eigenvalue weighted by molar-refractivity contribution is 7.89. The predicted molar refractivity (Wildman–Crippen MR) is 150 cm³/mol. The predicted octanol–water partition coefficient (Wildman–Crippen LogP) is 4.41. The van der Waals surface area contributed by atoms with Gasteiger partial charge in [-0.25, -0.2) is 13.2 Å². The van der Waals surface area contributed by atoms with Gasteiger partial charge in [-0.1, -0.05) is 48.0 Å². The van der Waals surface area contributed by atoms with Crippen molar-refractivity contribution in [1.29, 1.82) is 0 Å². The Bertz CT molecular complexity index is 828. The fraction of sp³-hybridized carbons (Fsp3) is 0.704. The Morgan fingerprint density at radius 2 is 1.84 bits per heavy atom. The molecule has 0 bridgehead atoms. The van der Waals surface area contributed by atoms with Crippen LogP contribution in [0.1, 0.15) is 67.2 Å². The quantitative estimate of drug-likeness (QED) is 0.300. The van der Waals surface area contributed by atoms with Crippen LogP contribution in [0.4, 0.5) is 4.79 Å². The molecular weight excluding hydrogens is 512 g/mol. The normalized spacial score (nSPS) is 15.9. The summed E-state index contributed by atoms with van der Waals surface area (Å²) in [7, 11) is -2.28. The highest BCUT2D eigenvalue weighted by Crippen LogP contribution is 2.21. The number of nitrogens with one attached hydrogen (secondary N) is 1. The molecule has 38 heavy (non-hydrogen) atoms. The van der Waals surface area contributed by atoms with E-state index in [0.29, 0.717) is 24.6 Å². The zero-order valence-corrected chi connectivity index (χ0v) is 25.0. The average Bonchev–Trinajstić information content (AvgIpc) is 3.46. The number of hydrogen-bond acceptors (Lipinski definition) is 7. The van der Waals surface area contributed by atoms with E-state index in [-0.39, 0.29) is 30.3 Å². The van der Waals surface area contributed by atoms with Crippen molar-refractivity contribution in [3.8, 4) is 5.75 Å². The van der Waals surface area contributed by atoms with Crippen molar-refractivity contribution in [2.24, 2.45) is 11.8 Å². The van der Waals surface area contributed by atoms with Crippen LogP contribution in [-0.2, 0) is 19.6 Å². The third kappa shape index (κ3) is 15.3. The number of amides is 1. The lowest BCUT2D eigenvalue weighted by Crippen LogP contribution is -2.41. The molecule has 1 saturated heterocycles. The van der Waals surface area contributed by atoms with Gasteiger partial charge in [-0.05, 0) is 55.4 Å². The third-order valence-electron chi connectivity index (χ3n) is 5.63. The molecule has 3 atom stereocenters. The van der Waals surface area contributed by atoms with Crippen molar-refractivity contribution in [2.75, 3.05) is 40.0 Å². The molecule has 1 aliphatic rings. The van der Waals surface area contributed by atoms with Gasteiger partial charge in [-0.3, -0.25) is 0 Å². The second kappa shape index (κ2) is 22.7. The molecule has 0 aromatic heterocycles. The molecule has 10 nitrogen and oxygen atoms in total. The summed E-state index contributed by atoms with van der Waals surface area (Å²) >= 11 is 0. The molecule has 1 aliphatic heterocycles. The number of benzene rings is 1.